The van der Waals surface area contributed by atoms with Gasteiger partial charge < -0.3 is 19.7 Å². The summed E-state index contributed by atoms with van der Waals surface area (Å²) < 4.78 is 10.4. The Hall–Kier alpha value is -2.29. The van der Waals surface area contributed by atoms with Gasteiger partial charge in [0.05, 0.1) is 19.2 Å². The minimum Gasteiger partial charge on any atom is -0.492 e. The number of ether oxygens (including phenoxy) is 2. The second-order valence-electron chi connectivity index (χ2n) is 5.67. The average molecular weight is 483 g/mol. The maximum atomic E-state index is 11.5. The van der Waals surface area contributed by atoms with Gasteiger partial charge in [0.15, 0.2) is 5.96 Å². The molecule has 0 heterocycles. The van der Waals surface area contributed by atoms with Gasteiger partial charge in [0.1, 0.15) is 12.4 Å². The summed E-state index contributed by atoms with van der Waals surface area (Å²) in [5, 5.41) is 3.30. The second-order valence-corrected chi connectivity index (χ2v) is 5.67. The minimum absolute atomic E-state index is 0. The number of nitrogens with one attached hydrogen (secondary N) is 1. The molecule has 0 aliphatic rings. The summed E-state index contributed by atoms with van der Waals surface area (Å²) in [4.78, 5) is 17.7. The summed E-state index contributed by atoms with van der Waals surface area (Å²) in [7, 11) is 5.08. The van der Waals surface area contributed by atoms with Crippen molar-refractivity contribution in [3.63, 3.8) is 0 Å². The van der Waals surface area contributed by atoms with E-state index in [-0.39, 0.29) is 29.9 Å². The molecule has 2 rings (SSSR count). The van der Waals surface area contributed by atoms with E-state index in [0.29, 0.717) is 25.3 Å². The number of carbonyl (C=O) groups excluding carboxylic acids is 1. The Morgan fingerprint density at radius 2 is 1.78 bits per heavy atom. The van der Waals surface area contributed by atoms with Gasteiger partial charge in [-0.05, 0) is 29.8 Å². The predicted molar refractivity (Wildman–Crippen MR) is 118 cm³/mol. The standard InChI is InChI=1S/C20H25N3O3.HI/c1-21-20(23(2)13-14-26-18-7-5-4-6-8-18)22-15-16-9-11-17(12-10-16)19(24)25-3;/h4-12H,13-15H2,1-3H3,(H,21,22);1H. The van der Waals surface area contributed by atoms with E-state index in [1.165, 1.54) is 7.11 Å². The highest BCUT2D eigenvalue weighted by Gasteiger charge is 2.07. The molecule has 1 N–H and O–H groups in total. The molecule has 27 heavy (non-hydrogen) atoms. The van der Waals surface area contributed by atoms with Gasteiger partial charge in [-0.3, -0.25) is 4.99 Å². The highest BCUT2D eigenvalue weighted by Crippen LogP contribution is 2.08. The van der Waals surface area contributed by atoms with Crippen molar-refractivity contribution >= 4 is 35.9 Å². The second kappa shape index (κ2) is 12.2. The third-order valence-corrected chi connectivity index (χ3v) is 3.84. The molecule has 0 saturated carbocycles. The molecule has 0 aliphatic carbocycles. The Kier molecular flexibility index (Phi) is 10.2. The molecule has 2 aromatic carbocycles. The minimum atomic E-state index is -0.335. The number of likely N-dealkylation sites (N-methyl/N-ethyl adjacent to an activating group) is 1. The fourth-order valence-electron chi connectivity index (χ4n) is 2.37. The Morgan fingerprint density at radius 3 is 2.37 bits per heavy atom. The van der Waals surface area contributed by atoms with Crippen LogP contribution in [0.3, 0.4) is 0 Å². The summed E-state index contributed by atoms with van der Waals surface area (Å²) in [5.41, 5.74) is 1.59. The van der Waals surface area contributed by atoms with Gasteiger partial charge in [-0.15, -0.1) is 24.0 Å². The first kappa shape index (κ1) is 22.8. The molecule has 0 spiro atoms. The van der Waals surface area contributed by atoms with Crippen LogP contribution in [0.1, 0.15) is 15.9 Å². The van der Waals surface area contributed by atoms with Crippen molar-refractivity contribution in [3.05, 3.63) is 65.7 Å². The molecular weight excluding hydrogens is 457 g/mol. The molecule has 0 amide bonds. The van der Waals surface area contributed by atoms with Crippen molar-refractivity contribution in [1.82, 2.24) is 10.2 Å². The van der Waals surface area contributed by atoms with E-state index in [1.54, 1.807) is 19.2 Å². The van der Waals surface area contributed by atoms with E-state index in [4.69, 9.17) is 9.47 Å². The number of hydrogen-bond donors (Lipinski definition) is 1. The molecule has 0 saturated heterocycles. The zero-order valence-electron chi connectivity index (χ0n) is 15.8. The first-order valence-corrected chi connectivity index (χ1v) is 8.41. The summed E-state index contributed by atoms with van der Waals surface area (Å²) in [6.07, 6.45) is 0. The van der Waals surface area contributed by atoms with Crippen molar-refractivity contribution in [2.75, 3.05) is 34.4 Å². The van der Waals surface area contributed by atoms with Crippen LogP contribution >= 0.6 is 24.0 Å². The normalized spacial score (nSPS) is 10.6. The predicted octanol–water partition coefficient (Wildman–Crippen LogP) is 3.18. The smallest absolute Gasteiger partial charge is 0.337 e. The molecular formula is C20H26IN3O3. The Balaban J connectivity index is 0.00000364. The van der Waals surface area contributed by atoms with Crippen LogP contribution in [-0.2, 0) is 11.3 Å². The fourth-order valence-corrected chi connectivity index (χ4v) is 2.37. The van der Waals surface area contributed by atoms with E-state index in [0.717, 1.165) is 17.3 Å². The fraction of sp³-hybridized carbons (Fsp3) is 0.300. The summed E-state index contributed by atoms with van der Waals surface area (Å²) >= 11 is 0. The van der Waals surface area contributed by atoms with Gasteiger partial charge in [-0.1, -0.05) is 30.3 Å². The first-order chi connectivity index (χ1) is 12.6. The molecule has 0 radical (unpaired) electrons. The van der Waals surface area contributed by atoms with Crippen LogP contribution in [0.25, 0.3) is 0 Å². The Labute approximate surface area is 177 Å². The van der Waals surface area contributed by atoms with E-state index in [9.17, 15) is 4.79 Å². The van der Waals surface area contributed by atoms with Crippen LogP contribution in [0.5, 0.6) is 5.75 Å². The van der Waals surface area contributed by atoms with Crippen LogP contribution in [0.4, 0.5) is 0 Å². The number of benzene rings is 2. The third kappa shape index (κ3) is 7.46. The van der Waals surface area contributed by atoms with Crippen LogP contribution < -0.4 is 10.1 Å². The number of halogens is 1. The molecule has 0 fully saturated rings. The number of para-hydroxylation sites is 1. The zero-order chi connectivity index (χ0) is 18.8. The van der Waals surface area contributed by atoms with Crippen molar-refractivity contribution in [2.24, 2.45) is 4.99 Å². The van der Waals surface area contributed by atoms with E-state index in [2.05, 4.69) is 10.3 Å². The molecule has 2 aromatic rings. The number of carbonyl (C=O) groups is 1. The molecule has 146 valence electrons. The third-order valence-electron chi connectivity index (χ3n) is 3.84. The van der Waals surface area contributed by atoms with Gasteiger partial charge in [0, 0.05) is 20.6 Å². The van der Waals surface area contributed by atoms with E-state index >= 15 is 0 Å². The quantitative estimate of drug-likeness (QED) is 0.284. The number of methoxy groups -OCH3 is 1. The number of nitrogens with zero attached hydrogens (tertiary/aromatic N) is 2. The van der Waals surface area contributed by atoms with Crippen LogP contribution in [0.2, 0.25) is 0 Å². The summed E-state index contributed by atoms with van der Waals surface area (Å²) in [6.45, 7) is 1.88. The summed E-state index contributed by atoms with van der Waals surface area (Å²) in [6, 6.07) is 17.0. The number of esters is 1. The van der Waals surface area contributed by atoms with Crippen molar-refractivity contribution < 1.29 is 14.3 Å². The Morgan fingerprint density at radius 1 is 1.11 bits per heavy atom. The molecule has 0 aliphatic heterocycles. The highest BCUT2D eigenvalue weighted by molar-refractivity contribution is 14.0. The number of guanidine groups is 1. The van der Waals surface area contributed by atoms with Crippen LogP contribution in [0.15, 0.2) is 59.6 Å². The first-order valence-electron chi connectivity index (χ1n) is 8.41. The molecule has 0 atom stereocenters. The van der Waals surface area contributed by atoms with E-state index in [1.807, 2.05) is 54.4 Å². The van der Waals surface area contributed by atoms with Crippen molar-refractivity contribution in [1.29, 1.82) is 0 Å². The number of rotatable bonds is 7. The number of hydrogen-bond acceptors (Lipinski definition) is 4. The highest BCUT2D eigenvalue weighted by atomic mass is 127. The van der Waals surface area contributed by atoms with Gasteiger partial charge in [0.2, 0.25) is 0 Å². The maximum absolute atomic E-state index is 11.5. The Bertz CT molecular complexity index is 721. The topological polar surface area (TPSA) is 63.2 Å². The van der Waals surface area contributed by atoms with E-state index < -0.39 is 0 Å². The molecule has 0 bridgehead atoms. The molecule has 6 nitrogen and oxygen atoms in total. The maximum Gasteiger partial charge on any atom is 0.337 e. The lowest BCUT2D eigenvalue weighted by Gasteiger charge is -2.22. The number of aliphatic imine (C=N–C) groups is 1. The summed E-state index contributed by atoms with van der Waals surface area (Å²) in [5.74, 6) is 1.30. The van der Waals surface area contributed by atoms with Crippen LogP contribution in [-0.4, -0.2) is 51.2 Å². The van der Waals surface area contributed by atoms with Crippen molar-refractivity contribution in [3.8, 4) is 5.75 Å². The van der Waals surface area contributed by atoms with Gasteiger partial charge >= 0.3 is 5.97 Å². The van der Waals surface area contributed by atoms with Gasteiger partial charge in [0.25, 0.3) is 0 Å². The lowest BCUT2D eigenvalue weighted by Crippen LogP contribution is -2.40. The zero-order valence-corrected chi connectivity index (χ0v) is 18.2. The van der Waals surface area contributed by atoms with Crippen LogP contribution in [0, 0.1) is 0 Å². The average Bonchev–Trinajstić information content (AvgIpc) is 2.69. The monoisotopic (exact) mass is 483 g/mol. The molecule has 0 unspecified atom stereocenters. The lowest BCUT2D eigenvalue weighted by atomic mass is 10.1. The molecule has 0 aromatic heterocycles. The SMILES string of the molecule is CN=C(NCc1ccc(C(=O)OC)cc1)N(C)CCOc1ccccc1.I. The lowest BCUT2D eigenvalue weighted by molar-refractivity contribution is 0.0600. The largest absolute Gasteiger partial charge is 0.492 e. The van der Waals surface area contributed by atoms with Gasteiger partial charge in [-0.2, -0.15) is 0 Å². The van der Waals surface area contributed by atoms with Crippen molar-refractivity contribution in [2.45, 2.75) is 6.54 Å². The van der Waals surface area contributed by atoms with Gasteiger partial charge in [-0.25, -0.2) is 4.79 Å². The molecule has 7 heteroatoms.